The van der Waals surface area contributed by atoms with Crippen LogP contribution in [-0.2, 0) is 12.0 Å². The molecule has 3 heterocycles. The van der Waals surface area contributed by atoms with E-state index in [-0.39, 0.29) is 12.2 Å². The number of fused-ring (bicyclic) bond motifs is 1. The van der Waals surface area contributed by atoms with E-state index in [1.807, 2.05) is 0 Å². The molecule has 1 amide bonds. The lowest BCUT2D eigenvalue weighted by Gasteiger charge is -2.27. The Balaban J connectivity index is 1.72. The summed E-state index contributed by atoms with van der Waals surface area (Å²) >= 11 is 0. The molecule has 148 valence electrons. The largest absolute Gasteiger partial charge is 0.465 e. The normalized spacial score (nSPS) is 13.3. The van der Waals surface area contributed by atoms with E-state index in [2.05, 4.69) is 25.3 Å². The van der Waals surface area contributed by atoms with Crippen LogP contribution in [0.3, 0.4) is 0 Å². The molecule has 0 aliphatic carbocycles. The summed E-state index contributed by atoms with van der Waals surface area (Å²) in [5.41, 5.74) is 1.09. The molecule has 0 spiro atoms. The Morgan fingerprint density at radius 1 is 1.21 bits per heavy atom. The van der Waals surface area contributed by atoms with E-state index >= 15 is 0 Å². The number of aromatic nitrogens is 4. The van der Waals surface area contributed by atoms with Crippen molar-refractivity contribution in [3.05, 3.63) is 71.9 Å². The van der Waals surface area contributed by atoms with Gasteiger partial charge in [-0.2, -0.15) is 0 Å². The van der Waals surface area contributed by atoms with Gasteiger partial charge < -0.3 is 20.4 Å². The molecule has 0 saturated carbocycles. The zero-order valence-corrected chi connectivity index (χ0v) is 15.3. The smallest absolute Gasteiger partial charge is 0.405 e. The number of carbonyl (C=O) groups is 1. The Labute approximate surface area is 163 Å². The molecule has 0 bridgehead atoms. The van der Waals surface area contributed by atoms with Gasteiger partial charge in [-0.3, -0.25) is 4.98 Å². The number of halogens is 2. The van der Waals surface area contributed by atoms with Crippen LogP contribution >= 0.6 is 0 Å². The van der Waals surface area contributed by atoms with Gasteiger partial charge in [0.25, 0.3) is 0 Å². The molecular formula is C20H17F2N5O2. The third-order valence-electron chi connectivity index (χ3n) is 4.75. The van der Waals surface area contributed by atoms with Gasteiger partial charge in [-0.1, -0.05) is 0 Å². The van der Waals surface area contributed by atoms with Gasteiger partial charge in [0.15, 0.2) is 0 Å². The van der Waals surface area contributed by atoms with E-state index in [1.54, 1.807) is 19.2 Å². The minimum atomic E-state index is -1.22. The van der Waals surface area contributed by atoms with E-state index in [0.29, 0.717) is 22.7 Å². The minimum Gasteiger partial charge on any atom is -0.465 e. The number of rotatable bonds is 5. The lowest BCUT2D eigenvalue weighted by atomic mass is 9.91. The third-order valence-corrected chi connectivity index (χ3v) is 4.75. The second-order valence-electron chi connectivity index (χ2n) is 6.95. The summed E-state index contributed by atoms with van der Waals surface area (Å²) in [5.74, 6) is -0.461. The molecule has 3 aromatic heterocycles. The molecule has 1 aromatic carbocycles. The zero-order chi connectivity index (χ0) is 20.6. The van der Waals surface area contributed by atoms with Crippen molar-refractivity contribution >= 4 is 17.0 Å². The SMILES string of the molecule is C[C@@](Cc1c[nH]c2cc(F)ccc12)(NC(=O)O)c1ncc(-c2cc(F)ccn2)[nH]1. The van der Waals surface area contributed by atoms with Gasteiger partial charge in [0.05, 0.1) is 17.6 Å². The van der Waals surface area contributed by atoms with Crippen LogP contribution in [0.2, 0.25) is 0 Å². The van der Waals surface area contributed by atoms with Crippen molar-refractivity contribution in [1.29, 1.82) is 0 Å². The number of hydrogen-bond acceptors (Lipinski definition) is 3. The van der Waals surface area contributed by atoms with E-state index in [1.165, 1.54) is 36.7 Å². The molecule has 9 heteroatoms. The van der Waals surface area contributed by atoms with Crippen molar-refractivity contribution in [3.63, 3.8) is 0 Å². The van der Waals surface area contributed by atoms with Gasteiger partial charge in [0.1, 0.15) is 23.0 Å². The zero-order valence-electron chi connectivity index (χ0n) is 15.3. The lowest BCUT2D eigenvalue weighted by Crippen LogP contribution is -2.45. The van der Waals surface area contributed by atoms with Gasteiger partial charge in [0.2, 0.25) is 0 Å². The maximum atomic E-state index is 13.5. The summed E-state index contributed by atoms with van der Waals surface area (Å²) in [6.07, 6.45) is 3.55. The summed E-state index contributed by atoms with van der Waals surface area (Å²) in [7, 11) is 0. The fourth-order valence-electron chi connectivity index (χ4n) is 3.39. The summed E-state index contributed by atoms with van der Waals surface area (Å²) in [6, 6.07) is 6.86. The first kappa shape index (κ1) is 18.6. The number of pyridine rings is 1. The monoisotopic (exact) mass is 397 g/mol. The standard InChI is InChI=1S/C20H17F2N5O2/c1-20(27-19(28)29,8-11-9-24-15-6-12(21)2-3-14(11)15)18-25-10-17(26-18)16-7-13(22)4-5-23-16/h2-7,9-10,24,27H,8H2,1H3,(H,25,26)(H,28,29)/t20-/m0/s1. The van der Waals surface area contributed by atoms with Crippen LogP contribution in [0.4, 0.5) is 13.6 Å². The first-order valence-electron chi connectivity index (χ1n) is 8.78. The van der Waals surface area contributed by atoms with Crippen LogP contribution in [0.25, 0.3) is 22.3 Å². The number of benzene rings is 1. The molecule has 0 aliphatic heterocycles. The van der Waals surface area contributed by atoms with Gasteiger partial charge >= 0.3 is 6.09 Å². The van der Waals surface area contributed by atoms with Crippen molar-refractivity contribution in [2.24, 2.45) is 0 Å². The molecular weight excluding hydrogens is 380 g/mol. The molecule has 0 radical (unpaired) electrons. The van der Waals surface area contributed by atoms with E-state index in [4.69, 9.17) is 0 Å². The minimum absolute atomic E-state index is 0.245. The highest BCUT2D eigenvalue weighted by atomic mass is 19.1. The number of hydrogen-bond donors (Lipinski definition) is 4. The Bertz CT molecular complexity index is 1200. The second-order valence-corrected chi connectivity index (χ2v) is 6.95. The fraction of sp³-hybridized carbons (Fsp3) is 0.150. The van der Waals surface area contributed by atoms with Crippen molar-refractivity contribution < 1.29 is 18.7 Å². The van der Waals surface area contributed by atoms with Crippen molar-refractivity contribution in [2.75, 3.05) is 0 Å². The molecule has 4 N–H and O–H groups in total. The summed E-state index contributed by atoms with van der Waals surface area (Å²) < 4.78 is 27.0. The van der Waals surface area contributed by atoms with E-state index in [0.717, 1.165) is 10.9 Å². The molecule has 0 unspecified atom stereocenters. The Hall–Kier alpha value is -3.75. The molecule has 29 heavy (non-hydrogen) atoms. The van der Waals surface area contributed by atoms with Gasteiger partial charge in [-0.05, 0) is 36.8 Å². The number of nitrogens with zero attached hydrogens (tertiary/aromatic N) is 2. The van der Waals surface area contributed by atoms with Crippen molar-refractivity contribution in [2.45, 2.75) is 18.9 Å². The summed E-state index contributed by atoms with van der Waals surface area (Å²) in [4.78, 5) is 25.9. The quantitative estimate of drug-likeness (QED) is 0.409. The highest BCUT2D eigenvalue weighted by Gasteiger charge is 2.33. The molecule has 4 rings (SSSR count). The second kappa shape index (κ2) is 7.01. The van der Waals surface area contributed by atoms with Gasteiger partial charge in [0, 0.05) is 35.8 Å². The molecule has 0 fully saturated rings. The molecule has 0 aliphatic rings. The van der Waals surface area contributed by atoms with Crippen LogP contribution < -0.4 is 5.32 Å². The van der Waals surface area contributed by atoms with Crippen LogP contribution in [0.5, 0.6) is 0 Å². The lowest BCUT2D eigenvalue weighted by molar-refractivity contribution is 0.178. The van der Waals surface area contributed by atoms with Crippen LogP contribution in [0.15, 0.2) is 48.9 Å². The average Bonchev–Trinajstić information content (AvgIpc) is 3.29. The fourth-order valence-corrected chi connectivity index (χ4v) is 3.39. The van der Waals surface area contributed by atoms with Gasteiger partial charge in [-0.15, -0.1) is 0 Å². The number of carboxylic acid groups (broad SMARTS) is 1. The average molecular weight is 397 g/mol. The van der Waals surface area contributed by atoms with Crippen LogP contribution in [0.1, 0.15) is 18.3 Å². The first-order valence-corrected chi connectivity index (χ1v) is 8.78. The summed E-state index contributed by atoms with van der Waals surface area (Å²) in [6.45, 7) is 1.69. The third kappa shape index (κ3) is 3.66. The first-order chi connectivity index (χ1) is 13.8. The predicted molar refractivity (Wildman–Crippen MR) is 102 cm³/mol. The van der Waals surface area contributed by atoms with Crippen molar-refractivity contribution in [1.82, 2.24) is 25.3 Å². The van der Waals surface area contributed by atoms with E-state index < -0.39 is 17.4 Å². The number of amides is 1. The van der Waals surface area contributed by atoms with Crippen LogP contribution in [-0.4, -0.2) is 31.1 Å². The van der Waals surface area contributed by atoms with Crippen molar-refractivity contribution in [3.8, 4) is 11.4 Å². The molecule has 7 nitrogen and oxygen atoms in total. The molecule has 4 aromatic rings. The summed E-state index contributed by atoms with van der Waals surface area (Å²) in [5, 5.41) is 12.7. The Morgan fingerprint density at radius 2 is 2.00 bits per heavy atom. The molecule has 1 atom stereocenters. The highest BCUT2D eigenvalue weighted by Crippen LogP contribution is 2.29. The Morgan fingerprint density at radius 3 is 2.76 bits per heavy atom. The highest BCUT2D eigenvalue weighted by molar-refractivity contribution is 5.83. The number of H-pyrrole nitrogens is 2. The number of aromatic amines is 2. The number of nitrogens with one attached hydrogen (secondary N) is 3. The maximum absolute atomic E-state index is 13.5. The number of imidazole rings is 1. The topological polar surface area (TPSA) is 107 Å². The predicted octanol–water partition coefficient (Wildman–Crippen LogP) is 3.96. The Kier molecular flexibility index (Phi) is 4.50. The van der Waals surface area contributed by atoms with E-state index in [9.17, 15) is 18.7 Å². The maximum Gasteiger partial charge on any atom is 0.405 e. The molecule has 0 saturated heterocycles. The van der Waals surface area contributed by atoms with Gasteiger partial charge in [-0.25, -0.2) is 18.6 Å². The van der Waals surface area contributed by atoms with Crippen LogP contribution in [0, 0.1) is 11.6 Å².